The molecule has 0 spiro atoms. The molecular weight excluding hydrogens is 486 g/mol. The molecule has 0 radical (unpaired) electrons. The van der Waals surface area contributed by atoms with Gasteiger partial charge in [-0.3, -0.25) is 9.67 Å². The molecule has 2 atom stereocenters. The van der Waals surface area contributed by atoms with Gasteiger partial charge in [0.2, 0.25) is 0 Å². The summed E-state index contributed by atoms with van der Waals surface area (Å²) in [6.07, 6.45) is 5.65. The summed E-state index contributed by atoms with van der Waals surface area (Å²) in [6, 6.07) is 17.6. The Morgan fingerprint density at radius 1 is 1.14 bits per heavy atom. The van der Waals surface area contributed by atoms with E-state index < -0.39 is 6.10 Å². The highest BCUT2D eigenvalue weighted by atomic mass is 32.1. The standard InChI is InChI=1S/C27H25N5O3S.CH4/c1-34-11-10-32-16-18(15-29-32)23-13-20(8-9-28-23)35-19-6-7-22-25(14-19)36-27(30-22)31-26-21-5-3-2-4-17(21)12-24(26)33;/h2-9,13-16,24,26,33H,10-12H2,1H3,(H,30,31);1H4/t24-,26+;/m0./s1. The van der Waals surface area contributed by atoms with Crippen molar-refractivity contribution in [1.29, 1.82) is 0 Å². The van der Waals surface area contributed by atoms with Crippen molar-refractivity contribution in [1.82, 2.24) is 19.7 Å². The lowest BCUT2D eigenvalue weighted by atomic mass is 10.1. The first kappa shape index (κ1) is 24.9. The van der Waals surface area contributed by atoms with Crippen molar-refractivity contribution in [3.8, 4) is 22.8 Å². The van der Waals surface area contributed by atoms with Crippen LogP contribution < -0.4 is 10.1 Å². The second kappa shape index (κ2) is 10.7. The number of thiazole rings is 1. The van der Waals surface area contributed by atoms with Crippen LogP contribution in [-0.2, 0) is 17.7 Å². The molecule has 6 rings (SSSR count). The molecule has 2 aromatic carbocycles. The van der Waals surface area contributed by atoms with Gasteiger partial charge in [0.25, 0.3) is 0 Å². The summed E-state index contributed by atoms with van der Waals surface area (Å²) < 4.78 is 14.1. The molecule has 190 valence electrons. The largest absolute Gasteiger partial charge is 0.457 e. The number of aliphatic hydroxyl groups excluding tert-OH is 1. The zero-order valence-electron chi connectivity index (χ0n) is 19.7. The third kappa shape index (κ3) is 5.20. The van der Waals surface area contributed by atoms with E-state index in [1.54, 1.807) is 30.8 Å². The normalized spacial score (nSPS) is 16.4. The molecule has 3 heterocycles. The predicted molar refractivity (Wildman–Crippen MR) is 146 cm³/mol. The van der Waals surface area contributed by atoms with Crippen LogP contribution in [0, 0.1) is 0 Å². The highest BCUT2D eigenvalue weighted by Gasteiger charge is 2.31. The predicted octanol–water partition coefficient (Wildman–Crippen LogP) is 5.70. The molecule has 0 unspecified atom stereocenters. The van der Waals surface area contributed by atoms with Gasteiger partial charge in [-0.15, -0.1) is 0 Å². The van der Waals surface area contributed by atoms with Gasteiger partial charge in [0.1, 0.15) is 11.5 Å². The highest BCUT2D eigenvalue weighted by Crippen LogP contribution is 2.37. The van der Waals surface area contributed by atoms with E-state index in [9.17, 15) is 5.11 Å². The minimum Gasteiger partial charge on any atom is -0.457 e. The molecule has 0 saturated heterocycles. The zero-order valence-corrected chi connectivity index (χ0v) is 20.5. The zero-order chi connectivity index (χ0) is 24.5. The molecule has 0 fully saturated rings. The second-order valence-electron chi connectivity index (χ2n) is 8.70. The van der Waals surface area contributed by atoms with Gasteiger partial charge in [-0.25, -0.2) is 4.98 Å². The SMILES string of the molecule is C.COCCn1cc(-c2cc(Oc3ccc4nc(N[C@@H]5c6ccccc6C[C@@H]5O)sc4c3)ccn2)cn1. The monoisotopic (exact) mass is 515 g/mol. The Hall–Kier alpha value is -3.79. The Morgan fingerprint density at radius 2 is 2.00 bits per heavy atom. The minimum absolute atomic E-state index is 0. The maximum absolute atomic E-state index is 10.6. The molecule has 0 amide bonds. The van der Waals surface area contributed by atoms with Crippen molar-refractivity contribution in [2.24, 2.45) is 0 Å². The lowest BCUT2D eigenvalue weighted by molar-refractivity contribution is 0.166. The number of aliphatic hydroxyl groups is 1. The first-order valence-electron chi connectivity index (χ1n) is 11.7. The van der Waals surface area contributed by atoms with Crippen LogP contribution >= 0.6 is 11.3 Å². The molecule has 0 bridgehead atoms. The Labute approximate surface area is 219 Å². The second-order valence-corrected chi connectivity index (χ2v) is 9.74. The van der Waals surface area contributed by atoms with Crippen LogP contribution in [0.5, 0.6) is 11.5 Å². The maximum Gasteiger partial charge on any atom is 0.184 e. The smallest absolute Gasteiger partial charge is 0.184 e. The van der Waals surface area contributed by atoms with Gasteiger partial charge in [0, 0.05) is 43.6 Å². The summed E-state index contributed by atoms with van der Waals surface area (Å²) >= 11 is 1.55. The number of nitrogens with zero attached hydrogens (tertiary/aromatic N) is 4. The molecule has 5 aromatic rings. The van der Waals surface area contributed by atoms with Gasteiger partial charge in [-0.2, -0.15) is 5.10 Å². The van der Waals surface area contributed by atoms with E-state index in [1.807, 2.05) is 53.3 Å². The fraction of sp³-hybridized carbons (Fsp3) is 0.250. The summed E-state index contributed by atoms with van der Waals surface area (Å²) in [7, 11) is 1.67. The van der Waals surface area contributed by atoms with Crippen LogP contribution in [0.3, 0.4) is 0 Å². The van der Waals surface area contributed by atoms with Crippen LogP contribution in [0.25, 0.3) is 21.5 Å². The number of ether oxygens (including phenoxy) is 2. The summed E-state index contributed by atoms with van der Waals surface area (Å²) in [6.45, 7) is 1.29. The first-order valence-corrected chi connectivity index (χ1v) is 12.6. The third-order valence-electron chi connectivity index (χ3n) is 6.26. The van der Waals surface area contributed by atoms with Crippen LogP contribution in [0.2, 0.25) is 0 Å². The van der Waals surface area contributed by atoms with Gasteiger partial charge >= 0.3 is 0 Å². The minimum atomic E-state index is -0.471. The van der Waals surface area contributed by atoms with Crippen molar-refractivity contribution in [3.05, 3.63) is 84.3 Å². The average molecular weight is 516 g/mol. The van der Waals surface area contributed by atoms with Gasteiger partial charge in [-0.05, 0) is 29.3 Å². The lowest BCUT2D eigenvalue weighted by Gasteiger charge is -2.16. The van der Waals surface area contributed by atoms with Gasteiger partial charge in [0.05, 0.1) is 47.4 Å². The molecule has 0 aliphatic heterocycles. The molecule has 2 N–H and O–H groups in total. The first-order chi connectivity index (χ1) is 17.7. The topological polar surface area (TPSA) is 94.3 Å². The Balaban J connectivity index is 0.00000280. The number of fused-ring (bicyclic) bond motifs is 2. The van der Waals surface area contributed by atoms with Crippen LogP contribution in [0.4, 0.5) is 5.13 Å². The van der Waals surface area contributed by atoms with Crippen molar-refractivity contribution in [3.63, 3.8) is 0 Å². The van der Waals surface area contributed by atoms with Crippen LogP contribution in [-0.4, -0.2) is 44.7 Å². The number of methoxy groups -OCH3 is 1. The fourth-order valence-corrected chi connectivity index (χ4v) is 5.41. The van der Waals surface area contributed by atoms with Crippen molar-refractivity contribution in [2.75, 3.05) is 19.0 Å². The van der Waals surface area contributed by atoms with E-state index in [0.717, 1.165) is 37.9 Å². The van der Waals surface area contributed by atoms with Gasteiger partial charge in [-0.1, -0.05) is 43.0 Å². The van der Waals surface area contributed by atoms with E-state index in [-0.39, 0.29) is 13.5 Å². The molecule has 37 heavy (non-hydrogen) atoms. The number of rotatable bonds is 8. The van der Waals surface area contributed by atoms with Crippen molar-refractivity contribution < 1.29 is 14.6 Å². The number of pyridine rings is 1. The Bertz CT molecular complexity index is 1510. The quantitative estimate of drug-likeness (QED) is 0.274. The van der Waals surface area contributed by atoms with Crippen molar-refractivity contribution in [2.45, 2.75) is 32.5 Å². The summed E-state index contributed by atoms with van der Waals surface area (Å²) in [5.41, 5.74) is 4.90. The summed E-state index contributed by atoms with van der Waals surface area (Å²) in [5, 5.41) is 19.2. The molecule has 1 aliphatic rings. The molecule has 1 aliphatic carbocycles. The average Bonchev–Trinajstić information content (AvgIpc) is 3.60. The number of aromatic nitrogens is 4. The van der Waals surface area contributed by atoms with E-state index in [2.05, 4.69) is 27.5 Å². The summed E-state index contributed by atoms with van der Waals surface area (Å²) in [5.74, 6) is 1.41. The van der Waals surface area contributed by atoms with E-state index >= 15 is 0 Å². The molecule has 3 aromatic heterocycles. The van der Waals surface area contributed by atoms with Crippen LogP contribution in [0.1, 0.15) is 24.6 Å². The van der Waals surface area contributed by atoms with Crippen LogP contribution in [0.15, 0.2) is 73.2 Å². The van der Waals surface area contributed by atoms with Gasteiger partial charge in [0.15, 0.2) is 5.13 Å². The van der Waals surface area contributed by atoms with Gasteiger partial charge < -0.3 is 19.9 Å². The number of nitrogens with one attached hydrogen (secondary N) is 1. The van der Waals surface area contributed by atoms with E-state index in [4.69, 9.17) is 14.5 Å². The fourth-order valence-electron chi connectivity index (χ4n) is 4.48. The molecule has 8 nitrogen and oxygen atoms in total. The number of benzene rings is 2. The number of anilines is 1. The Morgan fingerprint density at radius 3 is 2.89 bits per heavy atom. The molecule has 9 heteroatoms. The van der Waals surface area contributed by atoms with E-state index in [0.29, 0.717) is 25.3 Å². The summed E-state index contributed by atoms with van der Waals surface area (Å²) in [4.78, 5) is 9.19. The maximum atomic E-state index is 10.6. The van der Waals surface area contributed by atoms with E-state index in [1.165, 1.54) is 5.56 Å². The third-order valence-corrected chi connectivity index (χ3v) is 7.21. The lowest BCUT2D eigenvalue weighted by Crippen LogP contribution is -2.20. The number of hydrogen-bond acceptors (Lipinski definition) is 8. The highest BCUT2D eigenvalue weighted by molar-refractivity contribution is 7.22. The number of hydrogen-bond donors (Lipinski definition) is 2. The Kier molecular flexibility index (Phi) is 7.18. The molecular formula is C28H29N5O3S. The molecule has 0 saturated carbocycles. The van der Waals surface area contributed by atoms with Crippen molar-refractivity contribution >= 4 is 26.7 Å².